The molecule has 1 aliphatic rings. The Bertz CT molecular complexity index is 1190. The smallest absolute Gasteiger partial charge is 0.387 e. The zero-order valence-corrected chi connectivity index (χ0v) is 17.1. The van der Waals surface area contributed by atoms with Crippen LogP contribution in [0.15, 0.2) is 23.0 Å². The van der Waals surface area contributed by atoms with Crippen molar-refractivity contribution in [3.05, 3.63) is 50.4 Å². The minimum Gasteiger partial charge on any atom is -0.493 e. The van der Waals surface area contributed by atoms with Gasteiger partial charge in [0.25, 0.3) is 5.56 Å². The molecular weight excluding hydrogens is 418 g/mol. The third kappa shape index (κ3) is 3.62. The summed E-state index contributed by atoms with van der Waals surface area (Å²) in [5.41, 5.74) is 0.968. The van der Waals surface area contributed by atoms with Gasteiger partial charge in [-0.15, -0.1) is 11.3 Å². The lowest BCUT2D eigenvalue weighted by molar-refractivity contribution is -0.0512. The number of rotatable bonds is 6. The fourth-order valence-electron chi connectivity index (χ4n) is 3.48. The van der Waals surface area contributed by atoms with Gasteiger partial charge in [-0.25, -0.2) is 9.78 Å². The van der Waals surface area contributed by atoms with Gasteiger partial charge < -0.3 is 14.2 Å². The van der Waals surface area contributed by atoms with Crippen LogP contribution < -0.4 is 15.0 Å². The van der Waals surface area contributed by atoms with Gasteiger partial charge in [0.2, 0.25) is 0 Å². The molecule has 3 aromatic rings. The van der Waals surface area contributed by atoms with Crippen molar-refractivity contribution in [3.8, 4) is 11.5 Å². The molecular formula is C20H18F2N2O5S. The van der Waals surface area contributed by atoms with Crippen molar-refractivity contribution in [3.63, 3.8) is 0 Å². The predicted octanol–water partition coefficient (Wildman–Crippen LogP) is 3.68. The lowest BCUT2D eigenvalue weighted by Crippen LogP contribution is -2.20. The normalized spacial score (nSPS) is 13.0. The average molecular weight is 436 g/mol. The molecule has 30 heavy (non-hydrogen) atoms. The predicted molar refractivity (Wildman–Crippen MR) is 106 cm³/mol. The first-order valence-electron chi connectivity index (χ1n) is 9.20. The maximum Gasteiger partial charge on any atom is 0.387 e. The Hall–Kier alpha value is -3.01. The Labute approximate surface area is 173 Å². The summed E-state index contributed by atoms with van der Waals surface area (Å²) in [6.07, 6.45) is 1.63. The Morgan fingerprint density at radius 1 is 1.33 bits per heavy atom. The van der Waals surface area contributed by atoms with Crippen molar-refractivity contribution in [1.82, 2.24) is 9.55 Å². The molecule has 158 valence electrons. The minimum atomic E-state index is -2.97. The summed E-state index contributed by atoms with van der Waals surface area (Å²) in [6.45, 7) is -0.725. The Morgan fingerprint density at radius 3 is 2.87 bits per heavy atom. The largest absolute Gasteiger partial charge is 0.493 e. The molecule has 3 heterocycles. The van der Waals surface area contributed by atoms with E-state index in [1.54, 1.807) is 11.5 Å². The molecule has 4 rings (SSSR count). The van der Waals surface area contributed by atoms with Crippen molar-refractivity contribution >= 4 is 27.5 Å². The zero-order valence-electron chi connectivity index (χ0n) is 16.2. The van der Waals surface area contributed by atoms with Gasteiger partial charge in [-0.1, -0.05) is 6.07 Å². The van der Waals surface area contributed by atoms with Gasteiger partial charge in [0, 0.05) is 13.0 Å². The zero-order chi connectivity index (χ0) is 21.4. The number of fused-ring (bicyclic) bond motifs is 2. The van der Waals surface area contributed by atoms with Gasteiger partial charge in [0.05, 0.1) is 12.5 Å². The summed E-state index contributed by atoms with van der Waals surface area (Å²) in [7, 11) is 1.33. The number of thiophene rings is 1. The molecule has 10 heteroatoms. The molecule has 0 saturated carbocycles. The quantitative estimate of drug-likeness (QED) is 0.549. The first kappa shape index (κ1) is 20.3. The number of hydrogen-bond donors (Lipinski definition) is 0. The second kappa shape index (κ2) is 8.02. The van der Waals surface area contributed by atoms with E-state index in [0.717, 1.165) is 30.0 Å². The molecule has 0 radical (unpaired) electrons. The van der Waals surface area contributed by atoms with Crippen LogP contribution in [-0.2, 0) is 24.3 Å². The molecule has 0 bridgehead atoms. The maximum absolute atomic E-state index is 12.7. The van der Waals surface area contributed by atoms with Gasteiger partial charge in [-0.3, -0.25) is 9.36 Å². The van der Waals surface area contributed by atoms with Crippen LogP contribution in [0.4, 0.5) is 8.78 Å². The van der Waals surface area contributed by atoms with Crippen LogP contribution in [-0.4, -0.2) is 29.2 Å². The fraction of sp³-hybridized carbons (Fsp3) is 0.350. The second-order valence-corrected chi connectivity index (χ2v) is 7.76. The molecule has 1 aromatic carbocycles. The van der Waals surface area contributed by atoms with Crippen LogP contribution in [0, 0.1) is 6.92 Å². The Morgan fingerprint density at radius 2 is 2.13 bits per heavy atom. The number of halogens is 2. The number of carbonyl (C=O) groups excluding carboxylic acids is 1. The van der Waals surface area contributed by atoms with Crippen molar-refractivity contribution in [2.75, 3.05) is 7.11 Å². The highest BCUT2D eigenvalue weighted by Gasteiger charge is 2.24. The number of hydrogen-bond acceptors (Lipinski definition) is 7. The molecule has 0 unspecified atom stereocenters. The maximum atomic E-state index is 12.7. The highest BCUT2D eigenvalue weighted by Crippen LogP contribution is 2.31. The summed E-state index contributed by atoms with van der Waals surface area (Å²) in [5.74, 6) is 0.162. The summed E-state index contributed by atoms with van der Waals surface area (Å²) in [4.78, 5) is 30.8. The highest BCUT2D eigenvalue weighted by molar-refractivity contribution is 7.20. The molecule has 0 spiro atoms. The number of nitrogens with zero attached hydrogens (tertiary/aromatic N) is 2. The molecule has 0 fully saturated rings. The Balaban J connectivity index is 1.55. The van der Waals surface area contributed by atoms with E-state index in [1.165, 1.54) is 25.3 Å². The van der Waals surface area contributed by atoms with Gasteiger partial charge in [-0.05, 0) is 36.6 Å². The summed E-state index contributed by atoms with van der Waals surface area (Å²) in [6, 6.07) is 4.29. The lowest BCUT2D eigenvalue weighted by Gasteiger charge is -2.11. The number of aryl methyl sites for hydroxylation is 2. The van der Waals surface area contributed by atoms with E-state index in [-0.39, 0.29) is 23.7 Å². The van der Waals surface area contributed by atoms with E-state index in [9.17, 15) is 18.4 Å². The van der Waals surface area contributed by atoms with E-state index in [0.29, 0.717) is 32.8 Å². The van der Waals surface area contributed by atoms with Crippen molar-refractivity contribution in [2.24, 2.45) is 0 Å². The van der Waals surface area contributed by atoms with E-state index < -0.39 is 12.6 Å². The topological polar surface area (TPSA) is 79.7 Å². The molecule has 0 N–H and O–H groups in total. The number of carbonyl (C=O) groups is 1. The third-order valence-corrected chi connectivity index (χ3v) is 6.08. The van der Waals surface area contributed by atoms with Crippen LogP contribution in [0.3, 0.4) is 0 Å². The standard InChI is InChI=1S/C20H18F2N2O5S/c1-10-15-17(23-14-4-3-7-24(14)18(15)25)30-16(10)19(26)28-9-11-5-6-12(29-20(21)22)13(8-11)27-2/h5-6,8,20H,3-4,7,9H2,1-2H3. The first-order chi connectivity index (χ1) is 14.4. The van der Waals surface area contributed by atoms with Gasteiger partial charge >= 0.3 is 12.6 Å². The van der Waals surface area contributed by atoms with E-state index >= 15 is 0 Å². The van der Waals surface area contributed by atoms with Gasteiger partial charge in [-0.2, -0.15) is 8.78 Å². The van der Waals surface area contributed by atoms with Crippen LogP contribution in [0.5, 0.6) is 11.5 Å². The first-order valence-corrected chi connectivity index (χ1v) is 10.0. The fourth-order valence-corrected chi connectivity index (χ4v) is 4.56. The van der Waals surface area contributed by atoms with Crippen LogP contribution in [0.1, 0.15) is 33.0 Å². The van der Waals surface area contributed by atoms with Crippen LogP contribution >= 0.6 is 11.3 Å². The van der Waals surface area contributed by atoms with Crippen molar-refractivity contribution in [2.45, 2.75) is 39.5 Å². The van der Waals surface area contributed by atoms with Crippen LogP contribution in [0.25, 0.3) is 10.2 Å². The van der Waals surface area contributed by atoms with E-state index in [2.05, 4.69) is 9.72 Å². The summed E-state index contributed by atoms with van der Waals surface area (Å²) >= 11 is 1.14. The molecule has 0 saturated heterocycles. The molecule has 1 aliphatic heterocycles. The highest BCUT2D eigenvalue weighted by atomic mass is 32.1. The molecule has 0 atom stereocenters. The number of aromatic nitrogens is 2. The number of alkyl halides is 2. The van der Waals surface area contributed by atoms with E-state index in [4.69, 9.17) is 9.47 Å². The minimum absolute atomic E-state index is 0.0965. The van der Waals surface area contributed by atoms with Crippen molar-refractivity contribution in [1.29, 1.82) is 0 Å². The number of esters is 1. The molecule has 0 aliphatic carbocycles. The summed E-state index contributed by atoms with van der Waals surface area (Å²) in [5, 5.41) is 0.452. The molecule has 7 nitrogen and oxygen atoms in total. The monoisotopic (exact) mass is 436 g/mol. The number of ether oxygens (including phenoxy) is 3. The third-order valence-electron chi connectivity index (χ3n) is 4.91. The lowest BCUT2D eigenvalue weighted by atomic mass is 10.2. The van der Waals surface area contributed by atoms with Gasteiger partial charge in [0.1, 0.15) is 22.1 Å². The van der Waals surface area contributed by atoms with Crippen molar-refractivity contribution < 1.29 is 27.8 Å². The second-order valence-electron chi connectivity index (χ2n) is 6.76. The SMILES string of the molecule is COc1cc(COC(=O)c2sc3nc4n(c(=O)c3c2C)CCC4)ccc1OC(F)F. The average Bonchev–Trinajstić information content (AvgIpc) is 3.31. The Kier molecular flexibility index (Phi) is 5.42. The van der Waals surface area contributed by atoms with Gasteiger partial charge in [0.15, 0.2) is 11.5 Å². The molecule has 2 aromatic heterocycles. The summed E-state index contributed by atoms with van der Waals surface area (Å²) < 4.78 is 41.3. The number of methoxy groups -OCH3 is 1. The van der Waals surface area contributed by atoms with Crippen LogP contribution in [0.2, 0.25) is 0 Å². The molecule has 0 amide bonds. The number of benzene rings is 1. The van der Waals surface area contributed by atoms with E-state index in [1.807, 2.05) is 0 Å².